The van der Waals surface area contributed by atoms with Crippen molar-refractivity contribution in [1.82, 2.24) is 4.90 Å². The monoisotopic (exact) mass is 304 g/mol. The van der Waals surface area contributed by atoms with Gasteiger partial charge in [0.15, 0.2) is 0 Å². The standard InChI is InChI=1S/C19H29FN2/c1-3-21(4-2)15-19(11-12-19)16-5-7-18(8-6-16)22-13-9-17(20)10-14-22/h5-8,17H,3-4,9-15H2,1-2H3. The highest BCUT2D eigenvalue weighted by Crippen LogP contribution is 2.49. The van der Waals surface area contributed by atoms with E-state index in [2.05, 4.69) is 47.9 Å². The van der Waals surface area contributed by atoms with E-state index < -0.39 is 6.17 Å². The number of alkyl halides is 1. The molecule has 0 radical (unpaired) electrons. The summed E-state index contributed by atoms with van der Waals surface area (Å²) >= 11 is 0. The fraction of sp³-hybridized carbons (Fsp3) is 0.684. The summed E-state index contributed by atoms with van der Waals surface area (Å²) in [6, 6.07) is 9.12. The highest BCUT2D eigenvalue weighted by molar-refractivity contribution is 5.50. The van der Waals surface area contributed by atoms with Crippen LogP contribution in [0, 0.1) is 0 Å². The van der Waals surface area contributed by atoms with Gasteiger partial charge in [-0.15, -0.1) is 0 Å². The first-order valence-corrected chi connectivity index (χ1v) is 8.89. The minimum Gasteiger partial charge on any atom is -0.371 e. The summed E-state index contributed by atoms with van der Waals surface area (Å²) in [6.45, 7) is 9.65. The number of likely N-dealkylation sites (N-methyl/N-ethyl adjacent to an activating group) is 1. The smallest absolute Gasteiger partial charge is 0.103 e. The topological polar surface area (TPSA) is 6.48 Å². The summed E-state index contributed by atoms with van der Waals surface area (Å²) in [5, 5.41) is 0. The maximum atomic E-state index is 13.3. The highest BCUT2D eigenvalue weighted by atomic mass is 19.1. The average Bonchev–Trinajstić information content (AvgIpc) is 3.34. The minimum atomic E-state index is -0.598. The number of rotatable bonds is 6. The average molecular weight is 304 g/mol. The van der Waals surface area contributed by atoms with Crippen molar-refractivity contribution >= 4 is 5.69 Å². The highest BCUT2D eigenvalue weighted by Gasteiger charge is 2.44. The van der Waals surface area contributed by atoms with Gasteiger partial charge in [-0.25, -0.2) is 4.39 Å². The van der Waals surface area contributed by atoms with Gasteiger partial charge in [-0.05, 0) is 56.5 Å². The van der Waals surface area contributed by atoms with E-state index in [0.717, 1.165) is 26.2 Å². The molecule has 1 aliphatic heterocycles. The Morgan fingerprint density at radius 1 is 1.09 bits per heavy atom. The zero-order chi connectivity index (χ0) is 15.6. The molecule has 2 aliphatic rings. The van der Waals surface area contributed by atoms with Gasteiger partial charge < -0.3 is 9.80 Å². The normalized spacial score (nSPS) is 21.4. The maximum Gasteiger partial charge on any atom is 0.103 e. The van der Waals surface area contributed by atoms with E-state index in [1.165, 1.54) is 30.6 Å². The number of anilines is 1. The number of halogens is 1. The molecule has 0 bridgehead atoms. The quantitative estimate of drug-likeness (QED) is 0.784. The molecule has 0 amide bonds. The van der Waals surface area contributed by atoms with Crippen LogP contribution in [-0.4, -0.2) is 43.8 Å². The van der Waals surface area contributed by atoms with Crippen molar-refractivity contribution < 1.29 is 4.39 Å². The summed E-state index contributed by atoms with van der Waals surface area (Å²) in [6.07, 6.45) is 3.38. The lowest BCUT2D eigenvalue weighted by atomic mass is 9.94. The Labute approximate surface area is 134 Å². The molecule has 0 aromatic heterocycles. The SMILES string of the molecule is CCN(CC)CC1(c2ccc(N3CCC(F)CC3)cc2)CC1. The van der Waals surface area contributed by atoms with Gasteiger partial charge in [0.2, 0.25) is 0 Å². The second-order valence-corrected chi connectivity index (χ2v) is 6.95. The van der Waals surface area contributed by atoms with E-state index in [9.17, 15) is 4.39 Å². The van der Waals surface area contributed by atoms with Gasteiger partial charge in [-0.1, -0.05) is 26.0 Å². The first-order chi connectivity index (χ1) is 10.7. The third-order valence-electron chi connectivity index (χ3n) is 5.54. The van der Waals surface area contributed by atoms with Crippen LogP contribution in [0.2, 0.25) is 0 Å². The van der Waals surface area contributed by atoms with Crippen LogP contribution in [0.5, 0.6) is 0 Å². The first kappa shape index (κ1) is 15.8. The lowest BCUT2D eigenvalue weighted by Crippen LogP contribution is -2.34. The Morgan fingerprint density at radius 2 is 1.68 bits per heavy atom. The van der Waals surface area contributed by atoms with Crippen molar-refractivity contribution in [1.29, 1.82) is 0 Å². The molecule has 1 heterocycles. The van der Waals surface area contributed by atoms with Crippen LogP contribution in [0.4, 0.5) is 10.1 Å². The van der Waals surface area contributed by atoms with Crippen molar-refractivity contribution in [3.63, 3.8) is 0 Å². The van der Waals surface area contributed by atoms with E-state index in [4.69, 9.17) is 0 Å². The largest absolute Gasteiger partial charge is 0.371 e. The van der Waals surface area contributed by atoms with Crippen molar-refractivity contribution in [2.45, 2.75) is 51.1 Å². The van der Waals surface area contributed by atoms with E-state index in [-0.39, 0.29) is 0 Å². The van der Waals surface area contributed by atoms with Gasteiger partial charge in [-0.2, -0.15) is 0 Å². The lowest BCUT2D eigenvalue weighted by Gasteiger charge is -2.31. The molecular formula is C19H29FN2. The Balaban J connectivity index is 1.66. The molecule has 2 fully saturated rings. The third-order valence-corrected chi connectivity index (χ3v) is 5.54. The van der Waals surface area contributed by atoms with Crippen LogP contribution < -0.4 is 4.90 Å². The van der Waals surface area contributed by atoms with Crippen LogP contribution in [0.1, 0.15) is 45.1 Å². The fourth-order valence-corrected chi connectivity index (χ4v) is 3.70. The summed E-state index contributed by atoms with van der Waals surface area (Å²) in [5.41, 5.74) is 3.15. The molecule has 22 heavy (non-hydrogen) atoms. The summed E-state index contributed by atoms with van der Waals surface area (Å²) in [7, 11) is 0. The molecule has 0 atom stereocenters. The van der Waals surface area contributed by atoms with Crippen LogP contribution in [0.25, 0.3) is 0 Å². The Morgan fingerprint density at radius 3 is 2.18 bits per heavy atom. The Bertz CT molecular complexity index is 469. The Hall–Kier alpha value is -1.09. The molecule has 122 valence electrons. The fourth-order valence-electron chi connectivity index (χ4n) is 3.70. The van der Waals surface area contributed by atoms with Crippen molar-refractivity contribution in [2.24, 2.45) is 0 Å². The van der Waals surface area contributed by atoms with E-state index in [1.807, 2.05) is 0 Å². The number of hydrogen-bond donors (Lipinski definition) is 0. The van der Waals surface area contributed by atoms with Gasteiger partial charge in [-0.3, -0.25) is 0 Å². The molecule has 3 heteroatoms. The van der Waals surface area contributed by atoms with Crippen LogP contribution in [0.3, 0.4) is 0 Å². The molecule has 1 aromatic carbocycles. The molecule has 2 nitrogen and oxygen atoms in total. The molecule has 0 unspecified atom stereocenters. The van der Waals surface area contributed by atoms with Crippen molar-refractivity contribution in [2.75, 3.05) is 37.6 Å². The molecule has 0 spiro atoms. The van der Waals surface area contributed by atoms with E-state index in [0.29, 0.717) is 18.3 Å². The number of benzene rings is 1. The Kier molecular flexibility index (Phi) is 4.72. The van der Waals surface area contributed by atoms with Gasteiger partial charge in [0.05, 0.1) is 0 Å². The van der Waals surface area contributed by atoms with Crippen molar-refractivity contribution in [3.05, 3.63) is 29.8 Å². The van der Waals surface area contributed by atoms with Gasteiger partial charge in [0, 0.05) is 30.7 Å². The predicted octanol–water partition coefficient (Wildman–Crippen LogP) is 4.00. The zero-order valence-electron chi connectivity index (χ0n) is 14.0. The molecule has 1 aliphatic carbocycles. The predicted molar refractivity (Wildman–Crippen MR) is 91.5 cm³/mol. The number of piperidine rings is 1. The second kappa shape index (κ2) is 6.57. The van der Waals surface area contributed by atoms with Crippen LogP contribution in [-0.2, 0) is 5.41 Å². The summed E-state index contributed by atoms with van der Waals surface area (Å²) < 4.78 is 13.3. The lowest BCUT2D eigenvalue weighted by molar-refractivity contribution is 0.274. The molecule has 1 saturated heterocycles. The molecule has 1 aromatic rings. The molecule has 3 rings (SSSR count). The summed E-state index contributed by atoms with van der Waals surface area (Å²) in [5.74, 6) is 0. The molecular weight excluding hydrogens is 275 g/mol. The number of nitrogens with zero attached hydrogens (tertiary/aromatic N) is 2. The molecule has 1 saturated carbocycles. The zero-order valence-corrected chi connectivity index (χ0v) is 14.0. The van der Waals surface area contributed by atoms with Gasteiger partial charge >= 0.3 is 0 Å². The second-order valence-electron chi connectivity index (χ2n) is 6.95. The van der Waals surface area contributed by atoms with E-state index >= 15 is 0 Å². The van der Waals surface area contributed by atoms with Crippen molar-refractivity contribution in [3.8, 4) is 0 Å². The summed E-state index contributed by atoms with van der Waals surface area (Å²) in [4.78, 5) is 4.86. The van der Waals surface area contributed by atoms with Gasteiger partial charge in [0.1, 0.15) is 6.17 Å². The third kappa shape index (κ3) is 3.29. The maximum absolute atomic E-state index is 13.3. The molecule has 0 N–H and O–H groups in total. The van der Waals surface area contributed by atoms with Crippen LogP contribution in [0.15, 0.2) is 24.3 Å². The van der Waals surface area contributed by atoms with Gasteiger partial charge in [0.25, 0.3) is 0 Å². The van der Waals surface area contributed by atoms with Crippen LogP contribution >= 0.6 is 0 Å². The first-order valence-electron chi connectivity index (χ1n) is 8.89. The van der Waals surface area contributed by atoms with E-state index in [1.54, 1.807) is 0 Å². The minimum absolute atomic E-state index is 0.399. The number of hydrogen-bond acceptors (Lipinski definition) is 2.